The molecule has 0 aliphatic carbocycles. The van der Waals surface area contributed by atoms with Gasteiger partial charge in [-0.05, 0) is 88.7 Å². The van der Waals surface area contributed by atoms with Crippen LogP contribution in [-0.2, 0) is 0 Å². The van der Waals surface area contributed by atoms with Gasteiger partial charge >= 0.3 is 0 Å². The van der Waals surface area contributed by atoms with Crippen molar-refractivity contribution in [3.63, 3.8) is 0 Å². The van der Waals surface area contributed by atoms with Gasteiger partial charge in [0.1, 0.15) is 17.1 Å². The summed E-state index contributed by atoms with van der Waals surface area (Å²) in [5, 5.41) is 0. The Kier molecular flexibility index (Phi) is 5.49. The predicted octanol–water partition coefficient (Wildman–Crippen LogP) is 6.55. The maximum Gasteiger partial charge on any atom is 0.137 e. The smallest absolute Gasteiger partial charge is 0.137 e. The fourth-order valence-corrected chi connectivity index (χ4v) is 3.71. The number of imidazole rings is 1. The van der Waals surface area contributed by atoms with Crippen molar-refractivity contribution in [2.75, 3.05) is 0 Å². The number of hydrogen-bond donors (Lipinski definition) is 0. The summed E-state index contributed by atoms with van der Waals surface area (Å²) in [5.74, 6) is 1.77. The topological polar surface area (TPSA) is 35.8 Å². The molecule has 0 amide bonds. The first kappa shape index (κ1) is 20.0. The minimum absolute atomic E-state index is 0.161. The SMILES string of the molecule is Cc1c(-c2ccc(OC(C)C)cc2)ccc2ncc(-c3ccc(OC(C)C)cc3)n12. The van der Waals surface area contributed by atoms with Gasteiger partial charge in [-0.25, -0.2) is 4.98 Å². The molecule has 0 saturated carbocycles. The molecule has 0 aliphatic rings. The number of pyridine rings is 1. The second-order valence-corrected chi connectivity index (χ2v) is 8.05. The van der Waals surface area contributed by atoms with E-state index in [1.54, 1.807) is 0 Å². The molecule has 4 rings (SSSR count). The third-order valence-corrected chi connectivity index (χ3v) is 4.97. The molecular formula is C26H28N2O2. The van der Waals surface area contributed by atoms with Crippen LogP contribution in [0.15, 0.2) is 66.9 Å². The van der Waals surface area contributed by atoms with Gasteiger partial charge in [0.15, 0.2) is 0 Å². The summed E-state index contributed by atoms with van der Waals surface area (Å²) in [6.45, 7) is 10.3. The van der Waals surface area contributed by atoms with Crippen LogP contribution in [0.2, 0.25) is 0 Å². The van der Waals surface area contributed by atoms with E-state index in [9.17, 15) is 0 Å². The van der Waals surface area contributed by atoms with Crippen LogP contribution >= 0.6 is 0 Å². The van der Waals surface area contributed by atoms with Gasteiger partial charge in [-0.15, -0.1) is 0 Å². The van der Waals surface area contributed by atoms with Crippen LogP contribution in [0.25, 0.3) is 28.0 Å². The molecule has 154 valence electrons. The largest absolute Gasteiger partial charge is 0.491 e. The molecule has 0 bridgehead atoms. The fraction of sp³-hybridized carbons (Fsp3) is 0.269. The van der Waals surface area contributed by atoms with Crippen LogP contribution < -0.4 is 9.47 Å². The van der Waals surface area contributed by atoms with Crippen LogP contribution in [-0.4, -0.2) is 21.6 Å². The molecule has 0 fully saturated rings. The molecule has 4 aromatic rings. The molecule has 2 heterocycles. The molecule has 0 aliphatic heterocycles. The Morgan fingerprint density at radius 1 is 0.700 bits per heavy atom. The van der Waals surface area contributed by atoms with E-state index in [4.69, 9.17) is 9.47 Å². The molecule has 4 nitrogen and oxygen atoms in total. The average Bonchev–Trinajstić information content (AvgIpc) is 3.14. The summed E-state index contributed by atoms with van der Waals surface area (Å²) in [5.41, 5.74) is 6.61. The van der Waals surface area contributed by atoms with Gasteiger partial charge in [-0.1, -0.05) is 12.1 Å². The summed E-state index contributed by atoms with van der Waals surface area (Å²) < 4.78 is 13.8. The molecule has 0 atom stereocenters. The van der Waals surface area contributed by atoms with Crippen LogP contribution in [0.5, 0.6) is 11.5 Å². The molecule has 30 heavy (non-hydrogen) atoms. The first-order valence-corrected chi connectivity index (χ1v) is 10.4. The zero-order valence-electron chi connectivity index (χ0n) is 18.2. The van der Waals surface area contributed by atoms with Crippen LogP contribution in [0.4, 0.5) is 0 Å². The third kappa shape index (κ3) is 4.04. The summed E-state index contributed by atoms with van der Waals surface area (Å²) in [7, 11) is 0. The van der Waals surface area contributed by atoms with Gasteiger partial charge in [-0.2, -0.15) is 0 Å². The number of benzene rings is 2. The quantitative estimate of drug-likeness (QED) is 0.368. The Morgan fingerprint density at radius 2 is 1.23 bits per heavy atom. The van der Waals surface area contributed by atoms with Crippen molar-refractivity contribution < 1.29 is 9.47 Å². The molecule has 0 N–H and O–H groups in total. The van der Waals surface area contributed by atoms with Crippen LogP contribution in [0.1, 0.15) is 33.4 Å². The molecular weight excluding hydrogens is 372 g/mol. The van der Waals surface area contributed by atoms with E-state index in [0.29, 0.717) is 0 Å². The van der Waals surface area contributed by atoms with Crippen molar-refractivity contribution in [3.8, 4) is 33.9 Å². The lowest BCUT2D eigenvalue weighted by Crippen LogP contribution is -2.05. The van der Waals surface area contributed by atoms with Gasteiger partial charge in [0.25, 0.3) is 0 Å². The fourth-order valence-electron chi connectivity index (χ4n) is 3.71. The second-order valence-electron chi connectivity index (χ2n) is 8.05. The summed E-state index contributed by atoms with van der Waals surface area (Å²) >= 11 is 0. The standard InChI is InChI=1S/C26H28N2O2/c1-17(2)29-22-10-6-20(7-11-22)24-14-15-26-27-16-25(28(26)19(24)5)21-8-12-23(13-9-21)30-18(3)4/h6-18H,1-5H3. The lowest BCUT2D eigenvalue weighted by molar-refractivity contribution is 0.242. The van der Waals surface area contributed by atoms with Crippen molar-refractivity contribution in [2.45, 2.75) is 46.8 Å². The number of aryl methyl sites for hydroxylation is 1. The molecule has 0 radical (unpaired) electrons. The summed E-state index contributed by atoms with van der Waals surface area (Å²) in [6.07, 6.45) is 2.26. The highest BCUT2D eigenvalue weighted by molar-refractivity contribution is 5.72. The zero-order valence-corrected chi connectivity index (χ0v) is 18.2. The van der Waals surface area contributed by atoms with Gasteiger partial charge < -0.3 is 9.47 Å². The molecule has 2 aromatic carbocycles. The van der Waals surface area contributed by atoms with Gasteiger partial charge in [0.05, 0.1) is 24.1 Å². The van der Waals surface area contributed by atoms with E-state index in [1.165, 1.54) is 5.56 Å². The van der Waals surface area contributed by atoms with Crippen molar-refractivity contribution in [2.24, 2.45) is 0 Å². The summed E-state index contributed by atoms with van der Waals surface area (Å²) in [6, 6.07) is 20.7. The van der Waals surface area contributed by atoms with Crippen LogP contribution in [0, 0.1) is 6.92 Å². The average molecular weight is 401 g/mol. The number of ether oxygens (including phenoxy) is 2. The second kappa shape index (κ2) is 8.23. The first-order chi connectivity index (χ1) is 14.4. The van der Waals surface area contributed by atoms with E-state index in [0.717, 1.165) is 39.7 Å². The lowest BCUT2D eigenvalue weighted by atomic mass is 10.0. The highest BCUT2D eigenvalue weighted by Gasteiger charge is 2.12. The van der Waals surface area contributed by atoms with Crippen molar-refractivity contribution in [3.05, 3.63) is 72.6 Å². The predicted molar refractivity (Wildman–Crippen MR) is 122 cm³/mol. The third-order valence-electron chi connectivity index (χ3n) is 4.97. The van der Waals surface area contributed by atoms with Gasteiger partial charge in [0.2, 0.25) is 0 Å². The van der Waals surface area contributed by atoms with Crippen molar-refractivity contribution in [1.82, 2.24) is 9.38 Å². The van der Waals surface area contributed by atoms with E-state index >= 15 is 0 Å². The van der Waals surface area contributed by atoms with E-state index < -0.39 is 0 Å². The molecule has 4 heteroatoms. The Morgan fingerprint density at radius 3 is 1.77 bits per heavy atom. The maximum atomic E-state index is 5.78. The molecule has 0 saturated heterocycles. The van der Waals surface area contributed by atoms with Crippen molar-refractivity contribution >= 4 is 5.65 Å². The molecule has 0 spiro atoms. The van der Waals surface area contributed by atoms with Crippen LogP contribution in [0.3, 0.4) is 0 Å². The highest BCUT2D eigenvalue weighted by Crippen LogP contribution is 2.30. The summed E-state index contributed by atoms with van der Waals surface area (Å²) in [4.78, 5) is 4.62. The number of rotatable bonds is 6. The molecule has 2 aromatic heterocycles. The Hall–Kier alpha value is -3.27. The van der Waals surface area contributed by atoms with Gasteiger partial charge in [-0.3, -0.25) is 4.40 Å². The first-order valence-electron chi connectivity index (χ1n) is 10.4. The number of fused-ring (bicyclic) bond motifs is 1. The Balaban J connectivity index is 1.72. The number of nitrogens with zero attached hydrogens (tertiary/aromatic N) is 2. The Bertz CT molecular complexity index is 1140. The lowest BCUT2D eigenvalue weighted by Gasteiger charge is -2.14. The molecule has 0 unspecified atom stereocenters. The monoisotopic (exact) mass is 400 g/mol. The van der Waals surface area contributed by atoms with Gasteiger partial charge in [0, 0.05) is 16.8 Å². The van der Waals surface area contributed by atoms with E-state index in [1.807, 2.05) is 58.2 Å². The number of aromatic nitrogens is 2. The normalized spacial score (nSPS) is 11.4. The Labute approximate surface area is 178 Å². The minimum atomic E-state index is 0.161. The highest BCUT2D eigenvalue weighted by atomic mass is 16.5. The van der Waals surface area contributed by atoms with E-state index in [-0.39, 0.29) is 12.2 Å². The minimum Gasteiger partial charge on any atom is -0.491 e. The maximum absolute atomic E-state index is 5.78. The van der Waals surface area contributed by atoms with Crippen molar-refractivity contribution in [1.29, 1.82) is 0 Å². The zero-order chi connectivity index (χ0) is 21.3. The van der Waals surface area contributed by atoms with E-state index in [2.05, 4.69) is 52.7 Å². The number of hydrogen-bond acceptors (Lipinski definition) is 3.